The summed E-state index contributed by atoms with van der Waals surface area (Å²) in [5, 5.41) is 9.19. The Morgan fingerprint density at radius 1 is 1.18 bits per heavy atom. The Labute approximate surface area is 104 Å². The number of carboxylic acid groups (broad SMARTS) is 1. The normalized spacial score (nSPS) is 13.7. The van der Waals surface area contributed by atoms with Gasteiger partial charge in [-0.2, -0.15) is 0 Å². The highest BCUT2D eigenvalue weighted by Crippen LogP contribution is 2.26. The number of hydrogen-bond donors (Lipinski definition) is 2. The molecule has 0 bridgehead atoms. The van der Waals surface area contributed by atoms with Gasteiger partial charge in [-0.3, -0.25) is 4.79 Å². The van der Waals surface area contributed by atoms with Gasteiger partial charge >= 0.3 is 5.97 Å². The molecule has 0 aliphatic carbocycles. The Morgan fingerprint density at radius 3 is 1.82 bits per heavy atom. The molecule has 0 heterocycles. The minimum Gasteiger partial charge on any atom is -0.481 e. The summed E-state index contributed by atoms with van der Waals surface area (Å²) < 4.78 is 25.2. The molecular formula is C11H23NO4S. The average Bonchev–Trinajstić information content (AvgIpc) is 2.17. The molecule has 0 aromatic rings. The Bertz CT molecular complexity index is 363. The zero-order valence-electron chi connectivity index (χ0n) is 11.2. The smallest absolute Gasteiger partial charge is 0.310 e. The van der Waals surface area contributed by atoms with Gasteiger partial charge in [0.1, 0.15) is 0 Å². The molecule has 0 atom stereocenters. The van der Waals surface area contributed by atoms with Gasteiger partial charge in [-0.25, -0.2) is 13.1 Å². The summed E-state index contributed by atoms with van der Waals surface area (Å²) in [6.45, 7) is 8.18. The quantitative estimate of drug-likeness (QED) is 0.764. The Hall–Kier alpha value is -0.620. The molecule has 0 fully saturated rings. The second-order valence-electron chi connectivity index (χ2n) is 5.23. The van der Waals surface area contributed by atoms with E-state index in [1.807, 2.05) is 0 Å². The van der Waals surface area contributed by atoms with Crippen molar-refractivity contribution in [2.75, 3.05) is 6.54 Å². The first-order chi connectivity index (χ1) is 7.52. The summed E-state index contributed by atoms with van der Waals surface area (Å²) in [7, 11) is -3.50. The van der Waals surface area contributed by atoms with Gasteiger partial charge < -0.3 is 5.11 Å². The molecule has 5 nitrogen and oxygen atoms in total. The number of carbonyl (C=O) groups is 1. The number of sulfonamides is 1. The second-order valence-corrected chi connectivity index (χ2v) is 7.75. The third-order valence-electron chi connectivity index (χ3n) is 3.21. The first-order valence-electron chi connectivity index (χ1n) is 5.75. The van der Waals surface area contributed by atoms with E-state index in [9.17, 15) is 18.3 Å². The highest BCUT2D eigenvalue weighted by atomic mass is 32.2. The highest BCUT2D eigenvalue weighted by Gasteiger charge is 2.38. The topological polar surface area (TPSA) is 83.5 Å². The van der Waals surface area contributed by atoms with E-state index in [1.54, 1.807) is 34.6 Å². The number of aliphatic carboxylic acids is 1. The molecule has 0 radical (unpaired) electrons. The maximum absolute atomic E-state index is 11.8. The Balaban J connectivity index is 4.93. The summed E-state index contributed by atoms with van der Waals surface area (Å²) >= 11 is 0. The van der Waals surface area contributed by atoms with Crippen LogP contribution in [0.5, 0.6) is 0 Å². The van der Waals surface area contributed by atoms with E-state index in [1.165, 1.54) is 0 Å². The fourth-order valence-electron chi connectivity index (χ4n) is 1.33. The van der Waals surface area contributed by atoms with Crippen molar-refractivity contribution < 1.29 is 18.3 Å². The number of nitrogens with one attached hydrogen (secondary N) is 1. The fraction of sp³-hybridized carbons (Fsp3) is 0.909. The molecule has 17 heavy (non-hydrogen) atoms. The average molecular weight is 265 g/mol. The van der Waals surface area contributed by atoms with Crippen molar-refractivity contribution in [3.8, 4) is 0 Å². The van der Waals surface area contributed by atoms with Gasteiger partial charge in [0.05, 0.1) is 10.2 Å². The molecule has 0 aromatic carbocycles. The molecule has 6 heteroatoms. The lowest BCUT2D eigenvalue weighted by molar-refractivity contribution is -0.149. The van der Waals surface area contributed by atoms with Gasteiger partial charge in [0.15, 0.2) is 0 Å². The van der Waals surface area contributed by atoms with Gasteiger partial charge in [0.25, 0.3) is 0 Å². The standard InChI is InChI=1S/C11H23NO4S/c1-6-11(7-2,9(13)14)8-12-17(15,16)10(3,4)5/h12H,6-8H2,1-5H3,(H,13,14). The van der Waals surface area contributed by atoms with Crippen LogP contribution in [0.4, 0.5) is 0 Å². The second kappa shape index (κ2) is 5.35. The van der Waals surface area contributed by atoms with Crippen LogP contribution in [0.15, 0.2) is 0 Å². The zero-order chi connectivity index (χ0) is 13.9. The van der Waals surface area contributed by atoms with Crippen molar-refractivity contribution in [3.63, 3.8) is 0 Å². The summed E-state index contributed by atoms with van der Waals surface area (Å²) in [4.78, 5) is 11.2. The zero-order valence-corrected chi connectivity index (χ0v) is 12.0. The summed E-state index contributed by atoms with van der Waals surface area (Å²) in [6, 6.07) is 0. The summed E-state index contributed by atoms with van der Waals surface area (Å²) in [5.41, 5.74) is -1.02. The third-order valence-corrected chi connectivity index (χ3v) is 5.35. The number of hydrogen-bond acceptors (Lipinski definition) is 3. The van der Waals surface area contributed by atoms with E-state index in [0.29, 0.717) is 12.8 Å². The van der Waals surface area contributed by atoms with Crippen LogP contribution in [0.3, 0.4) is 0 Å². The molecular weight excluding hydrogens is 242 g/mol. The van der Waals surface area contributed by atoms with Crippen LogP contribution in [-0.4, -0.2) is 30.8 Å². The van der Waals surface area contributed by atoms with E-state index in [2.05, 4.69) is 4.72 Å². The van der Waals surface area contributed by atoms with Gasteiger partial charge in [-0.15, -0.1) is 0 Å². The molecule has 0 rings (SSSR count). The predicted molar refractivity (Wildman–Crippen MR) is 67.3 cm³/mol. The van der Waals surface area contributed by atoms with E-state index in [4.69, 9.17) is 0 Å². The van der Waals surface area contributed by atoms with E-state index >= 15 is 0 Å². The van der Waals surface area contributed by atoms with Crippen LogP contribution in [0.25, 0.3) is 0 Å². The lowest BCUT2D eigenvalue weighted by Crippen LogP contribution is -2.47. The molecule has 0 aromatic heterocycles. The van der Waals surface area contributed by atoms with Crippen molar-refractivity contribution in [2.45, 2.75) is 52.2 Å². The van der Waals surface area contributed by atoms with Crippen LogP contribution >= 0.6 is 0 Å². The molecule has 0 spiro atoms. The molecule has 0 aliphatic heterocycles. The van der Waals surface area contributed by atoms with Crippen molar-refractivity contribution >= 4 is 16.0 Å². The van der Waals surface area contributed by atoms with Crippen molar-refractivity contribution in [1.82, 2.24) is 4.72 Å². The van der Waals surface area contributed by atoms with Gasteiger partial charge in [0, 0.05) is 6.54 Å². The number of carboxylic acids is 1. The van der Waals surface area contributed by atoms with Crippen molar-refractivity contribution in [1.29, 1.82) is 0 Å². The fourth-order valence-corrected chi connectivity index (χ4v) is 2.23. The summed E-state index contributed by atoms with van der Waals surface area (Å²) in [6.07, 6.45) is 0.789. The van der Waals surface area contributed by atoms with Gasteiger partial charge in [-0.1, -0.05) is 13.8 Å². The largest absolute Gasteiger partial charge is 0.481 e. The van der Waals surface area contributed by atoms with Crippen LogP contribution < -0.4 is 4.72 Å². The SMILES string of the molecule is CCC(CC)(CNS(=O)(=O)C(C)(C)C)C(=O)O. The first kappa shape index (κ1) is 16.4. The monoisotopic (exact) mass is 265 g/mol. The summed E-state index contributed by atoms with van der Waals surface area (Å²) in [5.74, 6) is -0.959. The van der Waals surface area contributed by atoms with Crippen LogP contribution in [0, 0.1) is 5.41 Å². The molecule has 0 unspecified atom stereocenters. The Morgan fingerprint density at radius 2 is 1.59 bits per heavy atom. The van der Waals surface area contributed by atoms with Gasteiger partial charge in [0.2, 0.25) is 10.0 Å². The van der Waals surface area contributed by atoms with E-state index in [0.717, 1.165) is 0 Å². The lowest BCUT2D eigenvalue weighted by atomic mass is 9.83. The minimum absolute atomic E-state index is 0.0606. The minimum atomic E-state index is -3.50. The van der Waals surface area contributed by atoms with E-state index < -0.39 is 26.2 Å². The number of rotatable bonds is 6. The molecule has 0 aliphatic rings. The third kappa shape index (κ3) is 3.67. The van der Waals surface area contributed by atoms with Crippen LogP contribution in [-0.2, 0) is 14.8 Å². The van der Waals surface area contributed by atoms with Crippen molar-refractivity contribution in [3.05, 3.63) is 0 Å². The highest BCUT2D eigenvalue weighted by molar-refractivity contribution is 7.90. The van der Waals surface area contributed by atoms with Crippen LogP contribution in [0.1, 0.15) is 47.5 Å². The first-order valence-corrected chi connectivity index (χ1v) is 7.23. The van der Waals surface area contributed by atoms with Gasteiger partial charge in [-0.05, 0) is 33.6 Å². The maximum atomic E-state index is 11.8. The molecule has 0 saturated carbocycles. The predicted octanol–water partition coefficient (Wildman–Crippen LogP) is 1.60. The lowest BCUT2D eigenvalue weighted by Gasteiger charge is -2.29. The van der Waals surface area contributed by atoms with E-state index in [-0.39, 0.29) is 6.54 Å². The molecule has 0 saturated heterocycles. The molecule has 102 valence electrons. The molecule has 0 amide bonds. The van der Waals surface area contributed by atoms with Crippen LogP contribution in [0.2, 0.25) is 0 Å². The molecule has 2 N–H and O–H groups in total. The van der Waals surface area contributed by atoms with Crippen molar-refractivity contribution in [2.24, 2.45) is 5.41 Å². The maximum Gasteiger partial charge on any atom is 0.310 e. The Kier molecular flexibility index (Phi) is 5.16.